The summed E-state index contributed by atoms with van der Waals surface area (Å²) >= 11 is 0. The maximum absolute atomic E-state index is 11.6. The Hall–Kier alpha value is -2.02. The fraction of sp³-hybridized carbons (Fsp3) is 0.273. The Balaban J connectivity index is 2.28. The van der Waals surface area contributed by atoms with E-state index >= 15 is 0 Å². The molecule has 0 fully saturated rings. The molecule has 0 unspecified atom stereocenters. The smallest absolute Gasteiger partial charge is 0.243 e. The van der Waals surface area contributed by atoms with Gasteiger partial charge in [0.2, 0.25) is 5.91 Å². The normalized spacial score (nSPS) is 14.9. The fourth-order valence-corrected chi connectivity index (χ4v) is 1.64. The molecule has 0 spiro atoms. The van der Waals surface area contributed by atoms with E-state index in [2.05, 4.69) is 5.32 Å². The number of hydrogen-bond donors (Lipinski definition) is 1. The van der Waals surface area contributed by atoms with E-state index in [1.807, 2.05) is 30.3 Å². The predicted molar refractivity (Wildman–Crippen MR) is 56.0 cm³/mol. The Morgan fingerprint density at radius 1 is 1.47 bits per heavy atom. The largest absolute Gasteiger partial charge is 0.376 e. The lowest BCUT2D eigenvalue weighted by Gasteiger charge is -2.16. The van der Waals surface area contributed by atoms with E-state index in [9.17, 15) is 4.79 Å². The first-order chi connectivity index (χ1) is 7.31. The summed E-state index contributed by atoms with van der Waals surface area (Å²) < 4.78 is 0. The van der Waals surface area contributed by atoms with Crippen LogP contribution >= 0.6 is 0 Å². The molecule has 76 valence electrons. The number of hydrogen-bond acceptors (Lipinski definition) is 3. The SMILES string of the molecule is N#CCN1Cc2ccccc2NCC1=O. The third kappa shape index (κ3) is 1.91. The topological polar surface area (TPSA) is 56.1 Å². The van der Waals surface area contributed by atoms with Crippen LogP contribution in [-0.2, 0) is 11.3 Å². The highest BCUT2D eigenvalue weighted by Gasteiger charge is 2.18. The number of carbonyl (C=O) groups excluding carboxylic acids is 1. The van der Waals surface area contributed by atoms with Crippen LogP contribution < -0.4 is 5.32 Å². The van der Waals surface area contributed by atoms with Crippen LogP contribution in [0.3, 0.4) is 0 Å². The van der Waals surface area contributed by atoms with Crippen LogP contribution in [0.4, 0.5) is 5.69 Å². The first kappa shape index (κ1) is 9.53. The zero-order valence-corrected chi connectivity index (χ0v) is 8.23. The summed E-state index contributed by atoms with van der Waals surface area (Å²) in [6, 6.07) is 9.77. The van der Waals surface area contributed by atoms with Crippen LogP contribution in [0.15, 0.2) is 24.3 Å². The summed E-state index contributed by atoms with van der Waals surface area (Å²) in [4.78, 5) is 13.1. The van der Waals surface area contributed by atoms with Crippen molar-refractivity contribution in [1.82, 2.24) is 4.90 Å². The van der Waals surface area contributed by atoms with Gasteiger partial charge in [0.25, 0.3) is 0 Å². The van der Waals surface area contributed by atoms with Crippen LogP contribution in [0, 0.1) is 11.3 Å². The molecule has 0 saturated heterocycles. The van der Waals surface area contributed by atoms with Gasteiger partial charge in [0, 0.05) is 12.2 Å². The molecule has 0 saturated carbocycles. The van der Waals surface area contributed by atoms with Crippen molar-refractivity contribution in [2.24, 2.45) is 0 Å². The number of amides is 1. The highest BCUT2D eigenvalue weighted by atomic mass is 16.2. The third-order valence-corrected chi connectivity index (χ3v) is 2.42. The molecule has 1 amide bonds. The Morgan fingerprint density at radius 3 is 3.07 bits per heavy atom. The van der Waals surface area contributed by atoms with E-state index in [1.54, 1.807) is 4.90 Å². The zero-order valence-electron chi connectivity index (χ0n) is 8.23. The van der Waals surface area contributed by atoms with Gasteiger partial charge in [-0.15, -0.1) is 0 Å². The van der Waals surface area contributed by atoms with E-state index in [-0.39, 0.29) is 19.0 Å². The number of nitriles is 1. The van der Waals surface area contributed by atoms with E-state index in [0.717, 1.165) is 11.3 Å². The molecule has 1 aliphatic rings. The monoisotopic (exact) mass is 201 g/mol. The quantitative estimate of drug-likeness (QED) is 0.688. The molecule has 0 bridgehead atoms. The van der Waals surface area contributed by atoms with Crippen molar-refractivity contribution < 1.29 is 4.79 Å². The van der Waals surface area contributed by atoms with Crippen LogP contribution in [0.25, 0.3) is 0 Å². The molecular weight excluding hydrogens is 190 g/mol. The second-order valence-electron chi connectivity index (χ2n) is 3.42. The standard InChI is InChI=1S/C11H11N3O/c12-5-6-14-8-9-3-1-2-4-10(9)13-7-11(14)15/h1-4,13H,6-8H2. The van der Waals surface area contributed by atoms with Crippen molar-refractivity contribution in [2.45, 2.75) is 6.54 Å². The van der Waals surface area contributed by atoms with E-state index in [0.29, 0.717) is 6.54 Å². The Morgan fingerprint density at radius 2 is 2.27 bits per heavy atom. The molecule has 0 aliphatic carbocycles. The van der Waals surface area contributed by atoms with Crippen molar-refractivity contribution >= 4 is 11.6 Å². The lowest BCUT2D eigenvalue weighted by Crippen LogP contribution is -2.32. The number of rotatable bonds is 1. The molecular formula is C11H11N3O. The zero-order chi connectivity index (χ0) is 10.7. The summed E-state index contributed by atoms with van der Waals surface area (Å²) in [5, 5.41) is 11.7. The number of para-hydroxylation sites is 1. The fourth-order valence-electron chi connectivity index (χ4n) is 1.64. The lowest BCUT2D eigenvalue weighted by molar-refractivity contribution is -0.129. The van der Waals surface area contributed by atoms with Gasteiger partial charge < -0.3 is 10.2 Å². The summed E-state index contributed by atoms with van der Waals surface area (Å²) in [5.41, 5.74) is 2.03. The van der Waals surface area contributed by atoms with Crippen LogP contribution in [0.1, 0.15) is 5.56 Å². The van der Waals surface area contributed by atoms with Gasteiger partial charge in [-0.25, -0.2) is 0 Å². The number of anilines is 1. The molecule has 1 aromatic carbocycles. The van der Waals surface area contributed by atoms with E-state index in [4.69, 9.17) is 5.26 Å². The molecule has 0 radical (unpaired) electrons. The summed E-state index contributed by atoms with van der Waals surface area (Å²) in [7, 11) is 0. The van der Waals surface area contributed by atoms with E-state index < -0.39 is 0 Å². The van der Waals surface area contributed by atoms with Gasteiger partial charge in [0.1, 0.15) is 6.54 Å². The molecule has 0 aromatic heterocycles. The van der Waals surface area contributed by atoms with Crippen molar-refractivity contribution in [3.8, 4) is 6.07 Å². The van der Waals surface area contributed by atoms with Crippen molar-refractivity contribution in [3.63, 3.8) is 0 Å². The molecule has 0 atom stereocenters. The average Bonchev–Trinajstić information content (AvgIpc) is 2.41. The first-order valence-corrected chi connectivity index (χ1v) is 4.78. The van der Waals surface area contributed by atoms with Crippen LogP contribution in [-0.4, -0.2) is 23.9 Å². The number of carbonyl (C=O) groups is 1. The van der Waals surface area contributed by atoms with Crippen molar-refractivity contribution in [3.05, 3.63) is 29.8 Å². The van der Waals surface area contributed by atoms with Gasteiger partial charge in [-0.3, -0.25) is 4.79 Å². The summed E-state index contributed by atoms with van der Waals surface area (Å²) in [5.74, 6) is -0.0345. The Kier molecular flexibility index (Phi) is 2.55. The van der Waals surface area contributed by atoms with E-state index in [1.165, 1.54) is 0 Å². The minimum absolute atomic E-state index is 0.0345. The van der Waals surface area contributed by atoms with Crippen LogP contribution in [0.2, 0.25) is 0 Å². The number of benzene rings is 1. The molecule has 15 heavy (non-hydrogen) atoms. The van der Waals surface area contributed by atoms with Gasteiger partial charge >= 0.3 is 0 Å². The summed E-state index contributed by atoms with van der Waals surface area (Å²) in [6.45, 7) is 0.920. The van der Waals surface area contributed by atoms with Crippen molar-refractivity contribution in [2.75, 3.05) is 18.4 Å². The van der Waals surface area contributed by atoms with Crippen molar-refractivity contribution in [1.29, 1.82) is 5.26 Å². The second-order valence-corrected chi connectivity index (χ2v) is 3.42. The Bertz CT molecular complexity index is 422. The maximum atomic E-state index is 11.6. The maximum Gasteiger partial charge on any atom is 0.243 e. The Labute approximate surface area is 88.1 Å². The van der Waals surface area contributed by atoms with Gasteiger partial charge in [-0.1, -0.05) is 18.2 Å². The minimum Gasteiger partial charge on any atom is -0.376 e. The highest BCUT2D eigenvalue weighted by Crippen LogP contribution is 2.19. The second kappa shape index (κ2) is 4.01. The van der Waals surface area contributed by atoms with Crippen LogP contribution in [0.5, 0.6) is 0 Å². The van der Waals surface area contributed by atoms with Gasteiger partial charge in [0.15, 0.2) is 0 Å². The number of fused-ring (bicyclic) bond motifs is 1. The molecule has 4 heteroatoms. The molecule has 1 heterocycles. The molecule has 2 rings (SSSR count). The molecule has 1 aliphatic heterocycles. The molecule has 1 aromatic rings. The number of nitrogens with one attached hydrogen (secondary N) is 1. The molecule has 4 nitrogen and oxygen atoms in total. The highest BCUT2D eigenvalue weighted by molar-refractivity contribution is 5.82. The molecule has 1 N–H and O–H groups in total. The number of nitrogens with zero attached hydrogens (tertiary/aromatic N) is 2. The van der Waals surface area contributed by atoms with Gasteiger partial charge in [0.05, 0.1) is 12.6 Å². The third-order valence-electron chi connectivity index (χ3n) is 2.42. The van der Waals surface area contributed by atoms with Gasteiger partial charge in [-0.2, -0.15) is 5.26 Å². The predicted octanol–water partition coefficient (Wildman–Crippen LogP) is 0.964. The lowest BCUT2D eigenvalue weighted by atomic mass is 10.2. The van der Waals surface area contributed by atoms with Gasteiger partial charge in [-0.05, 0) is 11.6 Å². The summed E-state index contributed by atoms with van der Waals surface area (Å²) in [6.07, 6.45) is 0. The first-order valence-electron chi connectivity index (χ1n) is 4.78. The minimum atomic E-state index is -0.0345. The average molecular weight is 201 g/mol.